The third-order valence-electron chi connectivity index (χ3n) is 1.63. The van der Waals surface area contributed by atoms with Crippen molar-refractivity contribution in [2.24, 2.45) is 0 Å². The van der Waals surface area contributed by atoms with Crippen LogP contribution in [0.15, 0.2) is 12.1 Å². The third-order valence-corrected chi connectivity index (χ3v) is 1.63. The fourth-order valence-electron chi connectivity index (χ4n) is 1.19. The summed E-state index contributed by atoms with van der Waals surface area (Å²) >= 11 is 0. The summed E-state index contributed by atoms with van der Waals surface area (Å²) in [6.07, 6.45) is 0. The Morgan fingerprint density at radius 3 is 2.38 bits per heavy atom. The molecule has 0 saturated carbocycles. The molecule has 70 valence electrons. The largest absolute Gasteiger partial charge is 0.478 e. The van der Waals surface area contributed by atoms with Gasteiger partial charge in [0.1, 0.15) is 0 Å². The van der Waals surface area contributed by atoms with E-state index >= 15 is 0 Å². The highest BCUT2D eigenvalue weighted by Crippen LogP contribution is 2.06. The summed E-state index contributed by atoms with van der Waals surface area (Å²) in [7, 11) is 0. The highest BCUT2D eigenvalue weighted by atomic mass is 16.5. The maximum atomic E-state index is 7.57. The minimum absolute atomic E-state index is 0.219. The molecule has 1 aromatic rings. The van der Waals surface area contributed by atoms with Crippen molar-refractivity contribution in [3.63, 3.8) is 0 Å². The maximum Gasteiger partial charge on any atom is 0.213 e. The average molecular weight is 178 g/mol. The van der Waals surface area contributed by atoms with E-state index in [0.717, 1.165) is 17.0 Å². The van der Waals surface area contributed by atoms with Crippen LogP contribution in [-0.2, 0) is 4.74 Å². The van der Waals surface area contributed by atoms with Crippen LogP contribution in [0.4, 0.5) is 0 Å². The van der Waals surface area contributed by atoms with Crippen molar-refractivity contribution in [3.8, 4) is 0 Å². The summed E-state index contributed by atoms with van der Waals surface area (Å²) in [5.41, 5.74) is 2.63. The van der Waals surface area contributed by atoms with Gasteiger partial charge in [0.2, 0.25) is 5.90 Å². The van der Waals surface area contributed by atoms with Crippen molar-refractivity contribution in [2.75, 3.05) is 6.61 Å². The lowest BCUT2D eigenvalue weighted by Gasteiger charge is -2.06. The number of nitrogens with zero attached hydrogens (tertiary/aromatic N) is 1. The summed E-state index contributed by atoms with van der Waals surface area (Å²) < 4.78 is 5.09. The quantitative estimate of drug-likeness (QED) is 0.556. The van der Waals surface area contributed by atoms with Crippen LogP contribution in [-0.4, -0.2) is 17.5 Å². The second-order valence-electron chi connectivity index (χ2n) is 2.90. The van der Waals surface area contributed by atoms with E-state index in [4.69, 9.17) is 10.1 Å². The Bertz CT molecular complexity index is 300. The predicted octanol–water partition coefficient (Wildman–Crippen LogP) is 2.06. The van der Waals surface area contributed by atoms with Crippen LogP contribution < -0.4 is 0 Å². The van der Waals surface area contributed by atoms with Crippen LogP contribution in [0, 0.1) is 19.3 Å². The van der Waals surface area contributed by atoms with Crippen molar-refractivity contribution in [1.82, 2.24) is 4.98 Å². The van der Waals surface area contributed by atoms with Gasteiger partial charge in [-0.1, -0.05) is 0 Å². The summed E-state index contributed by atoms with van der Waals surface area (Å²) in [6.45, 7) is 6.22. The van der Waals surface area contributed by atoms with Gasteiger partial charge in [-0.05, 0) is 32.9 Å². The van der Waals surface area contributed by atoms with Gasteiger partial charge in [-0.3, -0.25) is 10.4 Å². The van der Waals surface area contributed by atoms with E-state index in [2.05, 4.69) is 4.98 Å². The lowest BCUT2D eigenvalue weighted by molar-refractivity contribution is 0.325. The van der Waals surface area contributed by atoms with Gasteiger partial charge >= 0.3 is 0 Å². The molecule has 0 spiro atoms. The van der Waals surface area contributed by atoms with E-state index in [0.29, 0.717) is 6.61 Å². The first kappa shape index (κ1) is 9.71. The number of hydrogen-bond acceptors (Lipinski definition) is 3. The third kappa shape index (κ3) is 2.54. The van der Waals surface area contributed by atoms with E-state index in [1.54, 1.807) is 0 Å². The molecular weight excluding hydrogens is 164 g/mol. The molecule has 1 aromatic heterocycles. The number of aryl methyl sites for hydroxylation is 2. The molecule has 0 bridgehead atoms. The minimum Gasteiger partial charge on any atom is -0.478 e. The van der Waals surface area contributed by atoms with Gasteiger partial charge in [-0.2, -0.15) is 0 Å². The number of pyridine rings is 1. The van der Waals surface area contributed by atoms with E-state index in [-0.39, 0.29) is 5.90 Å². The molecule has 0 radical (unpaired) electrons. The first-order valence-electron chi connectivity index (χ1n) is 4.30. The van der Waals surface area contributed by atoms with Crippen LogP contribution in [0.2, 0.25) is 0 Å². The van der Waals surface area contributed by atoms with Crippen LogP contribution in [0.3, 0.4) is 0 Å². The molecule has 3 nitrogen and oxygen atoms in total. The second kappa shape index (κ2) is 4.03. The summed E-state index contributed by atoms with van der Waals surface area (Å²) in [5.74, 6) is 0.219. The zero-order chi connectivity index (χ0) is 9.84. The Hall–Kier alpha value is -1.38. The molecule has 0 aliphatic heterocycles. The number of nitrogens with one attached hydrogen (secondary N) is 1. The van der Waals surface area contributed by atoms with Crippen molar-refractivity contribution < 1.29 is 4.74 Å². The Morgan fingerprint density at radius 1 is 1.38 bits per heavy atom. The molecule has 3 heteroatoms. The molecule has 1 rings (SSSR count). The van der Waals surface area contributed by atoms with Gasteiger partial charge in [-0.25, -0.2) is 0 Å². The zero-order valence-electron chi connectivity index (χ0n) is 8.22. The number of rotatable bonds is 2. The molecule has 13 heavy (non-hydrogen) atoms. The van der Waals surface area contributed by atoms with Crippen molar-refractivity contribution >= 4 is 5.90 Å². The van der Waals surface area contributed by atoms with Crippen LogP contribution in [0.1, 0.15) is 23.9 Å². The number of hydrogen-bond donors (Lipinski definition) is 1. The van der Waals surface area contributed by atoms with Crippen molar-refractivity contribution in [1.29, 1.82) is 5.41 Å². The normalized spacial score (nSPS) is 9.77. The Kier molecular flexibility index (Phi) is 3.01. The Morgan fingerprint density at radius 2 is 1.92 bits per heavy atom. The molecule has 0 saturated heterocycles. The van der Waals surface area contributed by atoms with E-state index in [9.17, 15) is 0 Å². The second-order valence-corrected chi connectivity index (χ2v) is 2.90. The van der Waals surface area contributed by atoms with Gasteiger partial charge in [-0.15, -0.1) is 0 Å². The lowest BCUT2D eigenvalue weighted by Crippen LogP contribution is -2.06. The fourth-order valence-corrected chi connectivity index (χ4v) is 1.19. The summed E-state index contributed by atoms with van der Waals surface area (Å²) in [5, 5.41) is 7.57. The van der Waals surface area contributed by atoms with Crippen LogP contribution >= 0.6 is 0 Å². The van der Waals surface area contributed by atoms with Crippen molar-refractivity contribution in [3.05, 3.63) is 29.1 Å². The van der Waals surface area contributed by atoms with Gasteiger partial charge in [0.15, 0.2) is 0 Å². The SMILES string of the molecule is CCOC(=N)c1cc(C)nc(C)c1. The number of ether oxygens (including phenoxy) is 1. The van der Waals surface area contributed by atoms with Gasteiger partial charge in [0.05, 0.1) is 6.61 Å². The molecule has 0 amide bonds. The first-order valence-corrected chi connectivity index (χ1v) is 4.30. The van der Waals surface area contributed by atoms with Crippen molar-refractivity contribution in [2.45, 2.75) is 20.8 Å². The monoisotopic (exact) mass is 178 g/mol. The smallest absolute Gasteiger partial charge is 0.213 e. The lowest BCUT2D eigenvalue weighted by atomic mass is 10.2. The summed E-state index contributed by atoms with van der Waals surface area (Å²) in [4.78, 5) is 4.22. The molecule has 0 atom stereocenters. The maximum absolute atomic E-state index is 7.57. The van der Waals surface area contributed by atoms with Gasteiger partial charge < -0.3 is 4.74 Å². The molecule has 0 aliphatic carbocycles. The van der Waals surface area contributed by atoms with Crippen LogP contribution in [0.25, 0.3) is 0 Å². The predicted molar refractivity (Wildman–Crippen MR) is 52.2 cm³/mol. The molecule has 1 heterocycles. The zero-order valence-corrected chi connectivity index (χ0v) is 8.22. The average Bonchev–Trinajstić information content (AvgIpc) is 2.03. The Balaban J connectivity index is 2.94. The molecule has 0 unspecified atom stereocenters. The van der Waals surface area contributed by atoms with Gasteiger partial charge in [0, 0.05) is 17.0 Å². The van der Waals surface area contributed by atoms with E-state index in [1.807, 2.05) is 32.9 Å². The number of aromatic nitrogens is 1. The standard InChI is InChI=1S/C10H14N2O/c1-4-13-10(11)9-5-7(2)12-8(3)6-9/h5-6,11H,4H2,1-3H3. The molecule has 0 aromatic carbocycles. The van der Waals surface area contributed by atoms with E-state index in [1.165, 1.54) is 0 Å². The van der Waals surface area contributed by atoms with E-state index < -0.39 is 0 Å². The highest BCUT2D eigenvalue weighted by Gasteiger charge is 2.03. The summed E-state index contributed by atoms with van der Waals surface area (Å²) in [6, 6.07) is 3.70. The van der Waals surface area contributed by atoms with Crippen LogP contribution in [0.5, 0.6) is 0 Å². The highest BCUT2D eigenvalue weighted by molar-refractivity contribution is 5.91. The molecule has 0 aliphatic rings. The van der Waals surface area contributed by atoms with Gasteiger partial charge in [0.25, 0.3) is 0 Å². The topological polar surface area (TPSA) is 46.0 Å². The fraction of sp³-hybridized carbons (Fsp3) is 0.400. The molecule has 1 N–H and O–H groups in total. The molecular formula is C10H14N2O. The first-order chi connectivity index (χ1) is 6.13. The molecule has 0 fully saturated rings. The Labute approximate surface area is 78.3 Å². The minimum atomic E-state index is 0.219.